The van der Waals surface area contributed by atoms with Gasteiger partial charge in [0, 0.05) is 17.3 Å². The molecule has 0 bridgehead atoms. The molecule has 0 spiro atoms. The summed E-state index contributed by atoms with van der Waals surface area (Å²) in [6.45, 7) is -0.102. The van der Waals surface area contributed by atoms with Crippen LogP contribution in [-0.4, -0.2) is 34.2 Å². The molecular formula is C20H19FN6O2. The number of benzene rings is 1. The van der Waals surface area contributed by atoms with E-state index < -0.39 is 11.7 Å². The summed E-state index contributed by atoms with van der Waals surface area (Å²) in [5.74, 6) is -2.02. The molecule has 0 saturated heterocycles. The fourth-order valence-corrected chi connectivity index (χ4v) is 3.06. The molecule has 1 aromatic carbocycles. The van der Waals surface area contributed by atoms with Gasteiger partial charge in [-0.05, 0) is 24.6 Å². The van der Waals surface area contributed by atoms with E-state index >= 15 is 0 Å². The first-order valence-electron chi connectivity index (χ1n) is 9.06. The zero-order valence-corrected chi connectivity index (χ0v) is 15.4. The molecule has 2 unspecified atom stereocenters. The number of amides is 1. The monoisotopic (exact) mass is 394 g/mol. The summed E-state index contributed by atoms with van der Waals surface area (Å²) < 4.78 is 14.4. The summed E-state index contributed by atoms with van der Waals surface area (Å²) >= 11 is 0. The first-order chi connectivity index (χ1) is 13.9. The van der Waals surface area contributed by atoms with E-state index in [1.807, 2.05) is 30.3 Å². The van der Waals surface area contributed by atoms with Crippen molar-refractivity contribution in [2.45, 2.75) is 12.5 Å². The molecule has 1 aliphatic carbocycles. The lowest BCUT2D eigenvalue weighted by Gasteiger charge is -2.13. The zero-order valence-electron chi connectivity index (χ0n) is 15.4. The molecule has 1 saturated carbocycles. The predicted molar refractivity (Wildman–Crippen MR) is 107 cm³/mol. The van der Waals surface area contributed by atoms with Gasteiger partial charge in [0.1, 0.15) is 5.82 Å². The van der Waals surface area contributed by atoms with Crippen LogP contribution in [0.5, 0.6) is 0 Å². The van der Waals surface area contributed by atoms with Gasteiger partial charge in [-0.2, -0.15) is 0 Å². The minimum absolute atomic E-state index is 0.0639. The van der Waals surface area contributed by atoms with Gasteiger partial charge in [-0.25, -0.2) is 9.37 Å². The van der Waals surface area contributed by atoms with E-state index in [4.69, 9.17) is 11.5 Å². The largest absolute Gasteiger partial charge is 0.365 e. The number of hydrogen-bond donors (Lipinski definition) is 4. The number of halogens is 1. The van der Waals surface area contributed by atoms with Crippen molar-refractivity contribution in [3.8, 4) is 0 Å². The number of carbonyl (C=O) groups is 2. The van der Waals surface area contributed by atoms with Crippen molar-refractivity contribution in [3.63, 3.8) is 0 Å². The predicted octanol–water partition coefficient (Wildman–Crippen LogP) is 1.94. The first kappa shape index (κ1) is 18.8. The molecule has 29 heavy (non-hydrogen) atoms. The fourth-order valence-electron chi connectivity index (χ4n) is 3.06. The van der Waals surface area contributed by atoms with Gasteiger partial charge in [-0.3, -0.25) is 14.6 Å². The molecule has 6 N–H and O–H groups in total. The standard InChI is InChI=1S/C20H19FN6O2/c21-14-6-13(18(23)29)19(27-20(14)25-9-17(28)12-7-15(12)22)26-11-5-10-3-1-2-4-16(10)24-8-11/h1-6,8,12,15H,7,9,22H2,(H2,23,29)(H2,25,26,27). The van der Waals surface area contributed by atoms with Crippen LogP contribution in [0.2, 0.25) is 0 Å². The lowest BCUT2D eigenvalue weighted by molar-refractivity contribution is -0.118. The fraction of sp³-hybridized carbons (Fsp3) is 0.200. The Labute approximate surface area is 165 Å². The average Bonchev–Trinajstić information content (AvgIpc) is 3.44. The van der Waals surface area contributed by atoms with Crippen LogP contribution in [0.25, 0.3) is 10.9 Å². The number of nitrogens with two attached hydrogens (primary N) is 2. The van der Waals surface area contributed by atoms with Crippen LogP contribution in [0, 0.1) is 11.7 Å². The molecular weight excluding hydrogens is 375 g/mol. The molecule has 3 aromatic rings. The summed E-state index contributed by atoms with van der Waals surface area (Å²) in [6.07, 6.45) is 2.21. The summed E-state index contributed by atoms with van der Waals surface area (Å²) in [4.78, 5) is 32.2. The second-order valence-corrected chi connectivity index (χ2v) is 6.95. The number of fused-ring (bicyclic) bond motifs is 1. The highest BCUT2D eigenvalue weighted by Gasteiger charge is 2.39. The van der Waals surface area contributed by atoms with Gasteiger partial charge in [-0.15, -0.1) is 0 Å². The van der Waals surface area contributed by atoms with Crippen LogP contribution in [0.4, 0.5) is 21.7 Å². The highest BCUT2D eigenvalue weighted by Crippen LogP contribution is 2.29. The van der Waals surface area contributed by atoms with Crippen LogP contribution in [-0.2, 0) is 4.79 Å². The summed E-state index contributed by atoms with van der Waals surface area (Å²) in [7, 11) is 0. The van der Waals surface area contributed by atoms with E-state index in [2.05, 4.69) is 20.6 Å². The van der Waals surface area contributed by atoms with E-state index in [1.165, 1.54) is 0 Å². The number of carbonyl (C=O) groups excluding carboxylic acids is 2. The van der Waals surface area contributed by atoms with Crippen molar-refractivity contribution < 1.29 is 14.0 Å². The van der Waals surface area contributed by atoms with Crippen LogP contribution in [0.3, 0.4) is 0 Å². The van der Waals surface area contributed by atoms with E-state index in [-0.39, 0.29) is 41.5 Å². The van der Waals surface area contributed by atoms with Gasteiger partial charge in [-0.1, -0.05) is 18.2 Å². The smallest absolute Gasteiger partial charge is 0.252 e. The minimum atomic E-state index is -0.834. The summed E-state index contributed by atoms with van der Waals surface area (Å²) in [6, 6.07) is 10.2. The maximum atomic E-state index is 14.4. The number of primary amides is 1. The third-order valence-electron chi connectivity index (χ3n) is 4.78. The van der Waals surface area contributed by atoms with Crippen LogP contribution < -0.4 is 22.1 Å². The molecule has 4 rings (SSSR count). The molecule has 9 heteroatoms. The van der Waals surface area contributed by atoms with Gasteiger partial charge < -0.3 is 22.1 Å². The van der Waals surface area contributed by atoms with Crippen LogP contribution in [0.15, 0.2) is 42.6 Å². The quantitative estimate of drug-likeness (QED) is 0.481. The maximum absolute atomic E-state index is 14.4. The number of anilines is 3. The van der Waals surface area contributed by atoms with E-state index in [1.54, 1.807) is 6.20 Å². The number of rotatable bonds is 7. The van der Waals surface area contributed by atoms with Crippen molar-refractivity contribution in [1.29, 1.82) is 0 Å². The Balaban J connectivity index is 1.61. The Kier molecular flexibility index (Phi) is 4.81. The number of para-hydroxylation sites is 1. The Morgan fingerprint density at radius 3 is 2.69 bits per heavy atom. The zero-order chi connectivity index (χ0) is 20.5. The Morgan fingerprint density at radius 2 is 1.97 bits per heavy atom. The number of aromatic nitrogens is 2. The summed E-state index contributed by atoms with van der Waals surface area (Å²) in [5, 5.41) is 6.51. The molecule has 148 valence electrons. The number of Topliss-reactive ketones (excluding diaryl/α,β-unsaturated/α-hetero) is 1. The maximum Gasteiger partial charge on any atom is 0.252 e. The van der Waals surface area contributed by atoms with Gasteiger partial charge in [0.2, 0.25) is 0 Å². The van der Waals surface area contributed by atoms with Crippen molar-refractivity contribution in [2.75, 3.05) is 17.2 Å². The lowest BCUT2D eigenvalue weighted by Crippen LogP contribution is -2.21. The Bertz CT molecular complexity index is 1120. The number of hydrogen-bond acceptors (Lipinski definition) is 7. The van der Waals surface area contributed by atoms with Gasteiger partial charge in [0.25, 0.3) is 5.91 Å². The molecule has 2 aromatic heterocycles. The number of nitrogens with one attached hydrogen (secondary N) is 2. The van der Waals surface area contributed by atoms with Gasteiger partial charge in [0.05, 0.1) is 29.5 Å². The van der Waals surface area contributed by atoms with E-state index in [0.717, 1.165) is 17.0 Å². The molecule has 2 atom stereocenters. The van der Waals surface area contributed by atoms with Gasteiger partial charge in [0.15, 0.2) is 17.4 Å². The normalized spacial score (nSPS) is 17.7. The molecule has 2 heterocycles. The molecule has 0 radical (unpaired) electrons. The van der Waals surface area contributed by atoms with Gasteiger partial charge >= 0.3 is 0 Å². The number of nitrogens with zero attached hydrogens (tertiary/aromatic N) is 2. The second kappa shape index (κ2) is 7.44. The van der Waals surface area contributed by atoms with Crippen LogP contribution in [0.1, 0.15) is 16.8 Å². The average molecular weight is 394 g/mol. The minimum Gasteiger partial charge on any atom is -0.365 e. The van der Waals surface area contributed by atoms with Crippen molar-refractivity contribution in [2.24, 2.45) is 17.4 Å². The number of pyridine rings is 2. The molecule has 1 amide bonds. The van der Waals surface area contributed by atoms with Crippen LogP contribution >= 0.6 is 0 Å². The third-order valence-corrected chi connectivity index (χ3v) is 4.78. The molecule has 0 aliphatic heterocycles. The highest BCUT2D eigenvalue weighted by atomic mass is 19.1. The van der Waals surface area contributed by atoms with Crippen molar-refractivity contribution in [1.82, 2.24) is 9.97 Å². The Hall–Kier alpha value is -3.59. The third kappa shape index (κ3) is 3.99. The van der Waals surface area contributed by atoms with E-state index in [9.17, 15) is 14.0 Å². The second-order valence-electron chi connectivity index (χ2n) is 6.95. The SMILES string of the molecule is NC(=O)c1cc(F)c(NCC(=O)C2CC2N)nc1Nc1cnc2ccccc2c1. The lowest BCUT2D eigenvalue weighted by atomic mass is 10.2. The van der Waals surface area contributed by atoms with E-state index in [0.29, 0.717) is 12.1 Å². The molecule has 1 fully saturated rings. The van der Waals surface area contributed by atoms with Crippen molar-refractivity contribution in [3.05, 3.63) is 54.0 Å². The highest BCUT2D eigenvalue weighted by molar-refractivity contribution is 5.99. The molecule has 8 nitrogen and oxygen atoms in total. The molecule has 1 aliphatic rings. The Morgan fingerprint density at radius 1 is 1.21 bits per heavy atom. The topological polar surface area (TPSA) is 136 Å². The summed E-state index contributed by atoms with van der Waals surface area (Å²) in [5.41, 5.74) is 12.3. The van der Waals surface area contributed by atoms with Crippen molar-refractivity contribution >= 4 is 39.9 Å². The first-order valence-corrected chi connectivity index (χ1v) is 9.06. The number of ketones is 1.